The summed E-state index contributed by atoms with van der Waals surface area (Å²) in [5.41, 5.74) is 2.19. The highest BCUT2D eigenvalue weighted by Crippen LogP contribution is 2.52. The second kappa shape index (κ2) is 13.6. The Bertz CT molecular complexity index is 1670. The summed E-state index contributed by atoms with van der Waals surface area (Å²) in [4.78, 5) is 97.9. The molecule has 0 bridgehead atoms. The van der Waals surface area contributed by atoms with Gasteiger partial charge in [0.1, 0.15) is 5.75 Å². The number of amides is 2. The Morgan fingerprint density at radius 1 is 0.980 bits per heavy atom. The number of carbonyl (C=O) groups excluding carboxylic acids is 7. The lowest BCUT2D eigenvalue weighted by atomic mass is 9.52. The van der Waals surface area contributed by atoms with Gasteiger partial charge in [0.25, 0.3) is 0 Å². The van der Waals surface area contributed by atoms with Gasteiger partial charge in [-0.1, -0.05) is 20.8 Å². The van der Waals surface area contributed by atoms with Gasteiger partial charge in [0.15, 0.2) is 34.7 Å². The zero-order valence-corrected chi connectivity index (χ0v) is 31.0. The van der Waals surface area contributed by atoms with Crippen molar-refractivity contribution in [2.24, 2.45) is 40.2 Å². The molecule has 0 spiro atoms. The number of hydrogen-bond donors (Lipinski definition) is 3. The van der Waals surface area contributed by atoms with E-state index in [9.17, 15) is 43.8 Å². The van der Waals surface area contributed by atoms with Crippen LogP contribution >= 0.6 is 0 Å². The number of ketones is 4. The summed E-state index contributed by atoms with van der Waals surface area (Å²) < 4.78 is 10.4. The molecule has 0 saturated heterocycles. The number of nitrogens with zero attached hydrogens (tertiary/aromatic N) is 3. The highest BCUT2D eigenvalue weighted by Gasteiger charge is 2.69. The number of esters is 1. The van der Waals surface area contributed by atoms with Gasteiger partial charge in [-0.25, -0.2) is 4.79 Å². The molecule has 15 nitrogen and oxygen atoms in total. The third-order valence-corrected chi connectivity index (χ3v) is 9.87. The van der Waals surface area contributed by atoms with Crippen molar-refractivity contribution in [2.45, 2.75) is 72.6 Å². The molecule has 0 aromatic heterocycles. The van der Waals surface area contributed by atoms with Crippen molar-refractivity contribution >= 4 is 46.8 Å². The fourth-order valence-corrected chi connectivity index (χ4v) is 7.63. The first-order valence-electron chi connectivity index (χ1n) is 16.8. The highest BCUT2D eigenvalue weighted by molar-refractivity contribution is 6.32. The molecule has 2 saturated carbocycles. The Hall–Kier alpha value is -4.37. The minimum absolute atomic E-state index is 0.0791. The monoisotopic (exact) mass is 714 g/mol. The molecule has 280 valence electrons. The largest absolute Gasteiger partial charge is 0.507 e. The van der Waals surface area contributed by atoms with E-state index in [2.05, 4.69) is 0 Å². The molecule has 15 heteroatoms. The summed E-state index contributed by atoms with van der Waals surface area (Å²) in [5.74, 6) is -12.1. The number of fused-ring (bicyclic) bond motifs is 3. The number of phenols is 1. The minimum atomic E-state index is -2.85. The van der Waals surface area contributed by atoms with Gasteiger partial charge in [0.05, 0.1) is 29.5 Å². The van der Waals surface area contributed by atoms with Crippen LogP contribution < -0.4 is 10.6 Å². The van der Waals surface area contributed by atoms with E-state index in [-0.39, 0.29) is 37.1 Å². The first-order valence-corrected chi connectivity index (χ1v) is 16.8. The van der Waals surface area contributed by atoms with Gasteiger partial charge in [-0.05, 0) is 70.7 Å². The van der Waals surface area contributed by atoms with E-state index in [1.807, 2.05) is 20.8 Å². The Morgan fingerprint density at radius 3 is 2.10 bits per heavy atom. The average molecular weight is 715 g/mol. The van der Waals surface area contributed by atoms with E-state index in [0.717, 1.165) is 0 Å². The number of hydrogen-bond acceptors (Lipinski definition) is 13. The molecule has 51 heavy (non-hydrogen) atoms. The second-order valence-electron chi connectivity index (χ2n) is 16.6. The van der Waals surface area contributed by atoms with Crippen LogP contribution in [-0.4, -0.2) is 114 Å². The molecule has 1 aromatic carbocycles. The van der Waals surface area contributed by atoms with Crippen molar-refractivity contribution in [1.82, 2.24) is 9.80 Å². The smallest absolute Gasteiger partial charge is 0.412 e. The SMILES string of the molecule is CN(C)c1cc(CN(CC(C)(C)C)C(=O)OCOC(=O)C(C)(C)C)c(O)c2c1C[C@H]1C[C@H]3[C@@H](N(C)C)C(=O)C(C(N)=O)C(=O)[C@@]3(O)C(=O)C1C2=O. The Labute approximate surface area is 297 Å². The van der Waals surface area contributed by atoms with E-state index in [0.29, 0.717) is 11.3 Å². The number of rotatable bonds is 8. The number of Topliss-reactive ketones (excluding diaryl/α,β-unsaturated/α-hetero) is 4. The molecule has 0 aliphatic heterocycles. The predicted octanol–water partition coefficient (Wildman–Crippen LogP) is 1.46. The van der Waals surface area contributed by atoms with Crippen LogP contribution in [0.4, 0.5) is 10.5 Å². The number of primary amides is 1. The van der Waals surface area contributed by atoms with Crippen LogP contribution in [0.3, 0.4) is 0 Å². The maximum atomic E-state index is 14.4. The highest BCUT2D eigenvalue weighted by atomic mass is 16.7. The normalized spacial score (nSPS) is 26.2. The average Bonchev–Trinajstić information content (AvgIpc) is 2.98. The van der Waals surface area contributed by atoms with Crippen LogP contribution in [0.15, 0.2) is 6.07 Å². The van der Waals surface area contributed by atoms with Crippen molar-refractivity contribution in [3.05, 3.63) is 22.8 Å². The molecule has 3 aliphatic carbocycles. The van der Waals surface area contributed by atoms with Crippen LogP contribution in [-0.2, 0) is 46.4 Å². The molecular weight excluding hydrogens is 664 g/mol. The molecule has 4 rings (SSSR count). The fourth-order valence-electron chi connectivity index (χ4n) is 7.63. The summed E-state index contributed by atoms with van der Waals surface area (Å²) >= 11 is 0. The van der Waals surface area contributed by atoms with Crippen molar-refractivity contribution in [1.29, 1.82) is 0 Å². The van der Waals surface area contributed by atoms with E-state index in [1.165, 1.54) is 23.9 Å². The van der Waals surface area contributed by atoms with Gasteiger partial charge in [0.2, 0.25) is 12.7 Å². The fraction of sp³-hybridized carbons (Fsp3) is 0.639. The Kier molecular flexibility index (Phi) is 10.5. The molecule has 1 aromatic rings. The van der Waals surface area contributed by atoms with Crippen molar-refractivity contribution < 1.29 is 53.2 Å². The number of nitrogens with two attached hydrogens (primary N) is 1. The summed E-state index contributed by atoms with van der Waals surface area (Å²) in [5, 5.41) is 23.6. The Morgan fingerprint density at radius 2 is 1.59 bits per heavy atom. The first kappa shape index (κ1) is 39.4. The zero-order chi connectivity index (χ0) is 38.7. The van der Waals surface area contributed by atoms with Gasteiger partial charge < -0.3 is 35.2 Å². The minimum Gasteiger partial charge on any atom is -0.507 e. The number of aliphatic hydroxyl groups is 1. The van der Waals surface area contributed by atoms with Crippen molar-refractivity contribution in [2.75, 3.05) is 46.4 Å². The number of likely N-dealkylation sites (N-methyl/N-ethyl adjacent to an activating group) is 1. The summed E-state index contributed by atoms with van der Waals surface area (Å²) in [6, 6.07) is 0.431. The van der Waals surface area contributed by atoms with Crippen molar-refractivity contribution in [3.8, 4) is 5.75 Å². The lowest BCUT2D eigenvalue weighted by molar-refractivity contribution is -0.181. The van der Waals surface area contributed by atoms with Gasteiger partial charge >= 0.3 is 12.1 Å². The first-order chi connectivity index (χ1) is 23.3. The lowest BCUT2D eigenvalue weighted by Gasteiger charge is -2.52. The maximum absolute atomic E-state index is 14.4. The van der Waals surface area contributed by atoms with Gasteiger partial charge in [-0.2, -0.15) is 0 Å². The topological polar surface area (TPSA) is 214 Å². The van der Waals surface area contributed by atoms with E-state index in [4.69, 9.17) is 15.2 Å². The molecule has 2 amide bonds. The molecule has 2 unspecified atom stereocenters. The molecular formula is C36H50N4O11. The molecule has 0 heterocycles. The maximum Gasteiger partial charge on any atom is 0.412 e. The van der Waals surface area contributed by atoms with Gasteiger partial charge in [-0.15, -0.1) is 0 Å². The quantitative estimate of drug-likeness (QED) is 0.198. The van der Waals surface area contributed by atoms with Crippen LogP contribution in [0, 0.1) is 34.5 Å². The summed E-state index contributed by atoms with van der Waals surface area (Å²) in [6.45, 7) is 9.85. The van der Waals surface area contributed by atoms with Gasteiger partial charge in [0, 0.05) is 37.8 Å². The number of carbonyl (C=O) groups is 7. The molecule has 2 fully saturated rings. The zero-order valence-electron chi connectivity index (χ0n) is 31.0. The number of phenolic OH excluding ortho intramolecular Hbond substituents is 1. The number of aromatic hydroxyl groups is 1. The number of anilines is 1. The van der Waals surface area contributed by atoms with Crippen molar-refractivity contribution in [3.63, 3.8) is 0 Å². The van der Waals surface area contributed by atoms with E-state index in [1.54, 1.807) is 45.8 Å². The lowest BCUT2D eigenvalue weighted by Crippen LogP contribution is -2.74. The molecule has 0 radical (unpaired) electrons. The standard InChI is InChI=1S/C36H50N4O11/c1-34(2,3)15-40(33(48)51-16-50-32(47)35(4,5)6)14-18-13-21(38(7)8)19-11-17-12-20-25(39(9)10)28(43)24(31(37)46)30(45)36(20,49)29(44)22(17)27(42)23(19)26(18)41/h13,17,20,22,24-25,41,49H,11-12,14-16H2,1-10H3,(H2,37,46)/t17-,20-,22?,24?,25+,36-/m0/s1. The Balaban J connectivity index is 1.77. The predicted molar refractivity (Wildman–Crippen MR) is 182 cm³/mol. The summed E-state index contributed by atoms with van der Waals surface area (Å²) in [6.07, 6.45) is -0.841. The second-order valence-corrected chi connectivity index (χ2v) is 16.6. The van der Waals surface area contributed by atoms with E-state index < -0.39 is 99.8 Å². The van der Waals surface area contributed by atoms with Crippen LogP contribution in [0.2, 0.25) is 0 Å². The molecule has 4 N–H and O–H groups in total. The third-order valence-electron chi connectivity index (χ3n) is 9.87. The molecule has 3 aliphatic rings. The number of ether oxygens (including phenoxy) is 2. The van der Waals surface area contributed by atoms with Crippen LogP contribution in [0.5, 0.6) is 5.75 Å². The van der Waals surface area contributed by atoms with Gasteiger partial charge in [-0.3, -0.25) is 33.7 Å². The summed E-state index contributed by atoms with van der Waals surface area (Å²) in [7, 11) is 6.51. The molecule has 6 atom stereocenters. The van der Waals surface area contributed by atoms with Crippen LogP contribution in [0.25, 0.3) is 0 Å². The van der Waals surface area contributed by atoms with E-state index >= 15 is 0 Å². The van der Waals surface area contributed by atoms with Crippen LogP contribution in [0.1, 0.15) is 69.4 Å². The third kappa shape index (κ3) is 7.10. The number of benzene rings is 1.